The Kier molecular flexibility index (Phi) is 3.37. The van der Waals surface area contributed by atoms with Gasteiger partial charge in [-0.25, -0.2) is 4.39 Å². The first-order chi connectivity index (χ1) is 7.68. The maximum Gasteiger partial charge on any atom is 0.162 e. The SMILES string of the molecule is CC(=O)c1ccc(C2CCCCC2)cc1F. The van der Waals surface area contributed by atoms with Crippen molar-refractivity contribution in [2.24, 2.45) is 0 Å². The van der Waals surface area contributed by atoms with Gasteiger partial charge in [-0.15, -0.1) is 0 Å². The summed E-state index contributed by atoms with van der Waals surface area (Å²) in [5, 5.41) is 0. The molecule has 0 bridgehead atoms. The van der Waals surface area contributed by atoms with Crippen LogP contribution in [0.4, 0.5) is 4.39 Å². The van der Waals surface area contributed by atoms with E-state index in [2.05, 4.69) is 0 Å². The minimum absolute atomic E-state index is 0.201. The van der Waals surface area contributed by atoms with Crippen molar-refractivity contribution in [1.29, 1.82) is 0 Å². The predicted molar refractivity (Wildman–Crippen MR) is 62.2 cm³/mol. The van der Waals surface area contributed by atoms with Crippen LogP contribution in [0.25, 0.3) is 0 Å². The lowest BCUT2D eigenvalue weighted by Crippen LogP contribution is -2.06. The van der Waals surface area contributed by atoms with E-state index in [9.17, 15) is 9.18 Å². The molecule has 1 nitrogen and oxygen atoms in total. The maximum absolute atomic E-state index is 13.6. The smallest absolute Gasteiger partial charge is 0.162 e. The molecule has 1 saturated carbocycles. The molecule has 0 heterocycles. The molecule has 0 N–H and O–H groups in total. The zero-order valence-electron chi connectivity index (χ0n) is 9.63. The molecular formula is C14H17FO. The lowest BCUT2D eigenvalue weighted by atomic mass is 9.84. The van der Waals surface area contributed by atoms with Crippen LogP contribution in [0.2, 0.25) is 0 Å². The van der Waals surface area contributed by atoms with Gasteiger partial charge in [-0.3, -0.25) is 4.79 Å². The van der Waals surface area contributed by atoms with E-state index >= 15 is 0 Å². The van der Waals surface area contributed by atoms with Gasteiger partial charge in [0, 0.05) is 0 Å². The molecule has 0 radical (unpaired) electrons. The van der Waals surface area contributed by atoms with Crippen molar-refractivity contribution >= 4 is 5.78 Å². The Balaban J connectivity index is 2.23. The van der Waals surface area contributed by atoms with E-state index in [-0.39, 0.29) is 17.2 Å². The van der Waals surface area contributed by atoms with Crippen LogP contribution in [0.3, 0.4) is 0 Å². The molecule has 86 valence electrons. The third kappa shape index (κ3) is 2.31. The summed E-state index contributed by atoms with van der Waals surface area (Å²) in [6.07, 6.45) is 6.07. The molecule has 1 aromatic rings. The molecular weight excluding hydrogens is 203 g/mol. The van der Waals surface area contributed by atoms with E-state index in [1.807, 2.05) is 6.07 Å². The fraction of sp³-hybridized carbons (Fsp3) is 0.500. The molecule has 2 rings (SSSR count). The maximum atomic E-state index is 13.6. The number of carbonyl (C=O) groups is 1. The van der Waals surface area contributed by atoms with Crippen LogP contribution in [-0.4, -0.2) is 5.78 Å². The van der Waals surface area contributed by atoms with E-state index in [1.165, 1.54) is 26.2 Å². The number of halogens is 1. The van der Waals surface area contributed by atoms with Crippen molar-refractivity contribution in [2.75, 3.05) is 0 Å². The molecule has 1 aliphatic carbocycles. The highest BCUT2D eigenvalue weighted by atomic mass is 19.1. The summed E-state index contributed by atoms with van der Waals surface area (Å²) < 4.78 is 13.6. The second kappa shape index (κ2) is 4.77. The zero-order valence-corrected chi connectivity index (χ0v) is 9.63. The summed E-state index contributed by atoms with van der Waals surface area (Å²) in [6, 6.07) is 5.09. The standard InChI is InChI=1S/C14H17FO/c1-10(16)13-8-7-12(9-14(13)15)11-5-3-2-4-6-11/h7-9,11H,2-6H2,1H3. The first-order valence-electron chi connectivity index (χ1n) is 5.99. The molecule has 16 heavy (non-hydrogen) atoms. The molecule has 0 aliphatic heterocycles. The number of ketones is 1. The van der Waals surface area contributed by atoms with Gasteiger partial charge in [0.15, 0.2) is 5.78 Å². The van der Waals surface area contributed by atoms with E-state index in [1.54, 1.807) is 12.1 Å². The second-order valence-corrected chi connectivity index (χ2v) is 4.63. The first kappa shape index (κ1) is 11.3. The summed E-state index contributed by atoms with van der Waals surface area (Å²) in [4.78, 5) is 11.1. The number of rotatable bonds is 2. The zero-order chi connectivity index (χ0) is 11.5. The highest BCUT2D eigenvalue weighted by molar-refractivity contribution is 5.94. The summed E-state index contributed by atoms with van der Waals surface area (Å²) in [6.45, 7) is 1.40. The highest BCUT2D eigenvalue weighted by Crippen LogP contribution is 2.33. The molecule has 0 amide bonds. The van der Waals surface area contributed by atoms with E-state index < -0.39 is 0 Å². The van der Waals surface area contributed by atoms with Crippen molar-refractivity contribution in [3.63, 3.8) is 0 Å². The second-order valence-electron chi connectivity index (χ2n) is 4.63. The number of hydrogen-bond donors (Lipinski definition) is 0. The first-order valence-corrected chi connectivity index (χ1v) is 5.99. The third-order valence-electron chi connectivity index (χ3n) is 3.45. The Labute approximate surface area is 95.7 Å². The average Bonchev–Trinajstić information content (AvgIpc) is 2.29. The van der Waals surface area contributed by atoms with Gasteiger partial charge < -0.3 is 0 Å². The average molecular weight is 220 g/mol. The Morgan fingerprint density at radius 3 is 2.50 bits per heavy atom. The molecule has 0 saturated heterocycles. The van der Waals surface area contributed by atoms with E-state index in [4.69, 9.17) is 0 Å². The minimum Gasteiger partial charge on any atom is -0.294 e. The van der Waals surface area contributed by atoms with E-state index in [0.29, 0.717) is 5.92 Å². The topological polar surface area (TPSA) is 17.1 Å². The largest absolute Gasteiger partial charge is 0.294 e. The fourth-order valence-electron chi connectivity index (χ4n) is 2.51. The van der Waals surface area contributed by atoms with Gasteiger partial charge in [-0.2, -0.15) is 0 Å². The molecule has 0 atom stereocenters. The summed E-state index contributed by atoms with van der Waals surface area (Å²) in [5.74, 6) is -0.0764. The Hall–Kier alpha value is -1.18. The molecule has 1 fully saturated rings. The van der Waals surface area contributed by atoms with Crippen LogP contribution in [0.5, 0.6) is 0 Å². The van der Waals surface area contributed by atoms with Gasteiger partial charge in [0.1, 0.15) is 5.82 Å². The summed E-state index contributed by atoms with van der Waals surface area (Å²) >= 11 is 0. The molecule has 2 heteroatoms. The molecule has 0 aromatic heterocycles. The van der Waals surface area contributed by atoms with Gasteiger partial charge in [0.2, 0.25) is 0 Å². The predicted octanol–water partition coefficient (Wildman–Crippen LogP) is 4.08. The van der Waals surface area contributed by atoms with Gasteiger partial charge in [0.05, 0.1) is 5.56 Å². The van der Waals surface area contributed by atoms with Crippen LogP contribution in [0.15, 0.2) is 18.2 Å². The Morgan fingerprint density at radius 2 is 1.94 bits per heavy atom. The van der Waals surface area contributed by atoms with Crippen LogP contribution in [0.1, 0.15) is 60.9 Å². The normalized spacial score (nSPS) is 17.4. The van der Waals surface area contributed by atoms with Gasteiger partial charge in [-0.1, -0.05) is 25.3 Å². The van der Waals surface area contributed by atoms with E-state index in [0.717, 1.165) is 18.4 Å². The molecule has 0 spiro atoms. The Bertz CT molecular complexity index is 392. The number of hydrogen-bond acceptors (Lipinski definition) is 1. The van der Waals surface area contributed by atoms with Crippen molar-refractivity contribution in [3.05, 3.63) is 35.1 Å². The van der Waals surface area contributed by atoms with Gasteiger partial charge in [-0.05, 0) is 43.4 Å². The molecule has 0 unspecified atom stereocenters. The summed E-state index contributed by atoms with van der Waals surface area (Å²) in [5.41, 5.74) is 1.27. The van der Waals surface area contributed by atoms with Crippen molar-refractivity contribution in [3.8, 4) is 0 Å². The number of carbonyl (C=O) groups excluding carboxylic acids is 1. The highest BCUT2D eigenvalue weighted by Gasteiger charge is 2.17. The number of benzene rings is 1. The van der Waals surface area contributed by atoms with Crippen molar-refractivity contribution in [1.82, 2.24) is 0 Å². The Morgan fingerprint density at radius 1 is 1.25 bits per heavy atom. The van der Waals surface area contributed by atoms with Crippen LogP contribution >= 0.6 is 0 Å². The van der Waals surface area contributed by atoms with Crippen LogP contribution in [-0.2, 0) is 0 Å². The lowest BCUT2D eigenvalue weighted by Gasteiger charge is -2.22. The fourth-order valence-corrected chi connectivity index (χ4v) is 2.51. The minimum atomic E-state index is -0.365. The monoisotopic (exact) mass is 220 g/mol. The van der Waals surface area contributed by atoms with Crippen LogP contribution in [0, 0.1) is 5.82 Å². The number of Topliss-reactive ketones (excluding diaryl/α,β-unsaturated/α-hetero) is 1. The van der Waals surface area contributed by atoms with Gasteiger partial charge in [0.25, 0.3) is 0 Å². The van der Waals surface area contributed by atoms with Crippen LogP contribution < -0.4 is 0 Å². The lowest BCUT2D eigenvalue weighted by molar-refractivity contribution is 0.101. The molecule has 1 aromatic carbocycles. The summed E-state index contributed by atoms with van der Waals surface area (Å²) in [7, 11) is 0. The van der Waals surface area contributed by atoms with Gasteiger partial charge >= 0.3 is 0 Å². The third-order valence-corrected chi connectivity index (χ3v) is 3.45. The quantitative estimate of drug-likeness (QED) is 0.686. The van der Waals surface area contributed by atoms with Crippen molar-refractivity contribution < 1.29 is 9.18 Å². The molecule has 1 aliphatic rings. The van der Waals surface area contributed by atoms with Crippen molar-refractivity contribution in [2.45, 2.75) is 44.9 Å².